The number of aromatic nitrogens is 1. The summed E-state index contributed by atoms with van der Waals surface area (Å²) in [5, 5.41) is 3.04. The van der Waals surface area contributed by atoms with Crippen LogP contribution in [0, 0.1) is 17.0 Å². The van der Waals surface area contributed by atoms with E-state index in [0.29, 0.717) is 5.41 Å². The number of rotatable bonds is 3. The average Bonchev–Trinajstić information content (AvgIpc) is 2.35. The molecule has 0 amide bonds. The minimum Gasteiger partial charge on any atom is -0.365 e. The zero-order valence-corrected chi connectivity index (χ0v) is 11.3. The third-order valence-electron chi connectivity index (χ3n) is 3.75. The molecule has 0 spiro atoms. The van der Waals surface area contributed by atoms with E-state index in [1.54, 1.807) is 0 Å². The van der Waals surface area contributed by atoms with Crippen molar-refractivity contribution in [3.8, 4) is 0 Å². The Labute approximate surface area is 111 Å². The molecule has 6 heteroatoms. The monoisotopic (exact) mass is 270 g/mol. The average molecular weight is 270 g/mol. The normalized spacial score (nSPS) is 19.2. The number of nitrogens with one attached hydrogen (secondary N) is 2. The standard InChI is InChI=1S/C13H20F2N4/c1-13(2)5-3-8(4-6-13)17-11-9(14)7-10(15)12(18-11)19-16/h7-8H,3-6,16H2,1-2H3,(H2,17,18,19). The van der Waals surface area contributed by atoms with E-state index in [1.165, 1.54) is 0 Å². The van der Waals surface area contributed by atoms with Gasteiger partial charge in [-0.15, -0.1) is 0 Å². The van der Waals surface area contributed by atoms with Crippen molar-refractivity contribution < 1.29 is 8.78 Å². The van der Waals surface area contributed by atoms with Gasteiger partial charge in [-0.05, 0) is 31.1 Å². The molecule has 1 fully saturated rings. The molecule has 1 heterocycles. The Bertz CT molecular complexity index is 452. The van der Waals surface area contributed by atoms with E-state index in [2.05, 4.69) is 29.6 Å². The van der Waals surface area contributed by atoms with E-state index in [1.807, 2.05) is 0 Å². The van der Waals surface area contributed by atoms with Crippen LogP contribution in [0.2, 0.25) is 0 Å². The van der Waals surface area contributed by atoms with E-state index in [0.717, 1.165) is 31.7 Å². The Hall–Kier alpha value is -1.43. The second kappa shape index (κ2) is 5.28. The number of nitrogens with zero attached hydrogens (tertiary/aromatic N) is 1. The van der Waals surface area contributed by atoms with Gasteiger partial charge in [0, 0.05) is 12.1 Å². The van der Waals surface area contributed by atoms with Crippen LogP contribution in [0.1, 0.15) is 39.5 Å². The quantitative estimate of drug-likeness (QED) is 0.583. The lowest BCUT2D eigenvalue weighted by molar-refractivity contribution is 0.232. The number of halogens is 2. The molecule has 0 atom stereocenters. The van der Waals surface area contributed by atoms with Crippen LogP contribution in [0.3, 0.4) is 0 Å². The molecule has 0 bridgehead atoms. The van der Waals surface area contributed by atoms with E-state index in [4.69, 9.17) is 5.84 Å². The number of nitrogen functional groups attached to an aromatic ring is 1. The second-order valence-electron chi connectivity index (χ2n) is 5.88. The maximum absolute atomic E-state index is 13.6. The summed E-state index contributed by atoms with van der Waals surface area (Å²) in [5.74, 6) is 3.55. The van der Waals surface area contributed by atoms with Gasteiger partial charge < -0.3 is 10.7 Å². The van der Waals surface area contributed by atoms with Crippen molar-refractivity contribution in [3.05, 3.63) is 17.7 Å². The maximum atomic E-state index is 13.6. The summed E-state index contributed by atoms with van der Waals surface area (Å²) in [4.78, 5) is 3.82. The van der Waals surface area contributed by atoms with Crippen molar-refractivity contribution in [1.82, 2.24) is 4.98 Å². The van der Waals surface area contributed by atoms with Crippen molar-refractivity contribution in [2.24, 2.45) is 11.3 Å². The van der Waals surface area contributed by atoms with E-state index in [-0.39, 0.29) is 17.7 Å². The van der Waals surface area contributed by atoms with Crippen molar-refractivity contribution in [1.29, 1.82) is 0 Å². The minimum atomic E-state index is -0.796. The first kappa shape index (κ1) is 14.0. The minimum absolute atomic E-state index is 0.0547. The van der Waals surface area contributed by atoms with Gasteiger partial charge in [-0.3, -0.25) is 0 Å². The topological polar surface area (TPSA) is 63.0 Å². The summed E-state index contributed by atoms with van der Waals surface area (Å²) in [6.45, 7) is 4.47. The first-order valence-electron chi connectivity index (χ1n) is 6.50. The van der Waals surface area contributed by atoms with Gasteiger partial charge in [0.25, 0.3) is 0 Å². The molecule has 1 aromatic heterocycles. The van der Waals surface area contributed by atoms with Crippen LogP contribution < -0.4 is 16.6 Å². The fourth-order valence-corrected chi connectivity index (χ4v) is 2.41. The Morgan fingerprint density at radius 3 is 2.37 bits per heavy atom. The molecule has 1 saturated carbocycles. The first-order valence-corrected chi connectivity index (χ1v) is 6.50. The molecule has 4 N–H and O–H groups in total. The van der Waals surface area contributed by atoms with Crippen LogP contribution >= 0.6 is 0 Å². The smallest absolute Gasteiger partial charge is 0.178 e. The van der Waals surface area contributed by atoms with Gasteiger partial charge in [-0.1, -0.05) is 13.8 Å². The first-order chi connectivity index (χ1) is 8.91. The van der Waals surface area contributed by atoms with Crippen LogP contribution in [-0.4, -0.2) is 11.0 Å². The Morgan fingerprint density at radius 2 is 1.79 bits per heavy atom. The highest BCUT2D eigenvalue weighted by molar-refractivity contribution is 5.47. The molecule has 106 valence electrons. The molecule has 0 unspecified atom stereocenters. The van der Waals surface area contributed by atoms with Crippen LogP contribution in [0.15, 0.2) is 6.07 Å². The highest BCUT2D eigenvalue weighted by atomic mass is 19.1. The van der Waals surface area contributed by atoms with Crippen LogP contribution in [-0.2, 0) is 0 Å². The summed E-state index contributed by atoms with van der Waals surface area (Å²) < 4.78 is 26.9. The van der Waals surface area contributed by atoms with E-state index < -0.39 is 11.6 Å². The molecule has 1 aliphatic rings. The van der Waals surface area contributed by atoms with E-state index >= 15 is 0 Å². The van der Waals surface area contributed by atoms with Gasteiger partial charge in [-0.25, -0.2) is 19.6 Å². The highest BCUT2D eigenvalue weighted by Crippen LogP contribution is 2.36. The molecule has 1 aromatic rings. The molecular formula is C13H20F2N4. The zero-order valence-electron chi connectivity index (χ0n) is 11.3. The van der Waals surface area contributed by atoms with Crippen LogP contribution in [0.4, 0.5) is 20.4 Å². The summed E-state index contributed by atoms with van der Waals surface area (Å²) in [7, 11) is 0. The third-order valence-corrected chi connectivity index (χ3v) is 3.75. The van der Waals surface area contributed by atoms with Crippen LogP contribution in [0.25, 0.3) is 0 Å². The summed E-state index contributed by atoms with van der Waals surface area (Å²) in [6, 6.07) is 0.961. The maximum Gasteiger partial charge on any atom is 0.178 e. The summed E-state index contributed by atoms with van der Waals surface area (Å²) >= 11 is 0. The van der Waals surface area contributed by atoms with Gasteiger partial charge in [-0.2, -0.15) is 0 Å². The lowest BCUT2D eigenvalue weighted by atomic mass is 9.75. The van der Waals surface area contributed by atoms with Gasteiger partial charge in [0.15, 0.2) is 23.3 Å². The van der Waals surface area contributed by atoms with Crippen LogP contribution in [0.5, 0.6) is 0 Å². The van der Waals surface area contributed by atoms with Gasteiger partial charge in [0.1, 0.15) is 0 Å². The number of hydrazine groups is 1. The molecule has 0 aromatic carbocycles. The number of nitrogens with two attached hydrogens (primary N) is 1. The Balaban J connectivity index is 2.07. The number of hydrogen-bond acceptors (Lipinski definition) is 4. The number of hydrogen-bond donors (Lipinski definition) is 3. The fraction of sp³-hybridized carbons (Fsp3) is 0.615. The molecule has 0 aliphatic heterocycles. The SMILES string of the molecule is CC1(C)CCC(Nc2nc(NN)c(F)cc2F)CC1. The largest absolute Gasteiger partial charge is 0.365 e. The van der Waals surface area contributed by atoms with Crippen molar-refractivity contribution >= 4 is 11.6 Å². The van der Waals surface area contributed by atoms with E-state index in [9.17, 15) is 8.78 Å². The number of anilines is 2. The molecular weight excluding hydrogens is 250 g/mol. The predicted molar refractivity (Wildman–Crippen MR) is 71.6 cm³/mol. The van der Waals surface area contributed by atoms with Gasteiger partial charge in [0.2, 0.25) is 0 Å². The third kappa shape index (κ3) is 3.32. The zero-order chi connectivity index (χ0) is 14.0. The van der Waals surface area contributed by atoms with Crippen molar-refractivity contribution in [2.45, 2.75) is 45.6 Å². The van der Waals surface area contributed by atoms with Gasteiger partial charge in [0.05, 0.1) is 0 Å². The lowest BCUT2D eigenvalue weighted by Crippen LogP contribution is -2.30. The Morgan fingerprint density at radius 1 is 1.21 bits per heavy atom. The van der Waals surface area contributed by atoms with Crippen molar-refractivity contribution in [3.63, 3.8) is 0 Å². The molecule has 0 radical (unpaired) electrons. The molecule has 0 saturated heterocycles. The summed E-state index contributed by atoms with van der Waals surface area (Å²) in [5.41, 5.74) is 2.46. The molecule has 2 rings (SSSR count). The second-order valence-corrected chi connectivity index (χ2v) is 5.88. The molecule has 19 heavy (non-hydrogen) atoms. The van der Waals surface area contributed by atoms with Gasteiger partial charge >= 0.3 is 0 Å². The molecule has 4 nitrogen and oxygen atoms in total. The van der Waals surface area contributed by atoms with Crippen molar-refractivity contribution in [2.75, 3.05) is 10.7 Å². The Kier molecular flexibility index (Phi) is 3.89. The predicted octanol–water partition coefficient (Wildman–Crippen LogP) is 3.03. The highest BCUT2D eigenvalue weighted by Gasteiger charge is 2.27. The number of pyridine rings is 1. The lowest BCUT2D eigenvalue weighted by Gasteiger charge is -2.34. The fourth-order valence-electron chi connectivity index (χ4n) is 2.41. The summed E-state index contributed by atoms with van der Waals surface area (Å²) in [6.07, 6.45) is 4.07. The molecule has 1 aliphatic carbocycles.